The van der Waals surface area contributed by atoms with Crippen molar-refractivity contribution in [2.75, 3.05) is 0 Å². The molecule has 0 radical (unpaired) electrons. The Hall–Kier alpha value is -2.99. The van der Waals surface area contributed by atoms with Gasteiger partial charge in [0, 0.05) is 18.4 Å². The standard InChI is InChI=1S/C23H22N4OS/c1-15(13-22-25-18-9-5-6-10-21(18)29-22)24-23(28)20-14-19(16-11-12-16)26-27(20)17-7-3-2-4-8-17/h2-10,14-16H,11-13H2,1H3,(H,24,28). The largest absolute Gasteiger partial charge is 0.348 e. The van der Waals surface area contributed by atoms with Gasteiger partial charge in [-0.1, -0.05) is 30.3 Å². The second-order valence-electron chi connectivity index (χ2n) is 7.63. The van der Waals surface area contributed by atoms with E-state index in [0.717, 1.165) is 34.7 Å². The molecule has 1 fully saturated rings. The Morgan fingerprint density at radius 1 is 1.17 bits per heavy atom. The topological polar surface area (TPSA) is 59.8 Å². The highest BCUT2D eigenvalue weighted by Crippen LogP contribution is 2.39. The Bertz CT molecular complexity index is 1130. The molecule has 1 aliphatic carbocycles. The van der Waals surface area contributed by atoms with Crippen LogP contribution in [-0.2, 0) is 6.42 Å². The van der Waals surface area contributed by atoms with Crippen LogP contribution in [0.2, 0.25) is 0 Å². The van der Waals surface area contributed by atoms with Crippen LogP contribution < -0.4 is 5.32 Å². The van der Waals surface area contributed by atoms with Crippen LogP contribution in [0.15, 0.2) is 60.7 Å². The Labute approximate surface area is 173 Å². The van der Waals surface area contributed by atoms with Crippen LogP contribution in [0.5, 0.6) is 0 Å². The van der Waals surface area contributed by atoms with Crippen molar-refractivity contribution >= 4 is 27.5 Å². The molecule has 0 saturated heterocycles. The van der Waals surface area contributed by atoms with Crippen LogP contribution >= 0.6 is 11.3 Å². The van der Waals surface area contributed by atoms with E-state index in [1.807, 2.05) is 61.5 Å². The van der Waals surface area contributed by atoms with E-state index in [1.165, 1.54) is 4.70 Å². The van der Waals surface area contributed by atoms with E-state index in [2.05, 4.69) is 16.4 Å². The zero-order valence-corrected chi connectivity index (χ0v) is 17.0. The molecule has 2 aromatic carbocycles. The maximum absolute atomic E-state index is 13.1. The van der Waals surface area contributed by atoms with Crippen LogP contribution in [0.4, 0.5) is 0 Å². The van der Waals surface area contributed by atoms with Gasteiger partial charge < -0.3 is 5.32 Å². The summed E-state index contributed by atoms with van der Waals surface area (Å²) in [6, 6.07) is 19.9. The molecule has 2 aromatic heterocycles. The summed E-state index contributed by atoms with van der Waals surface area (Å²) in [5, 5.41) is 8.90. The van der Waals surface area contributed by atoms with Gasteiger partial charge in [-0.25, -0.2) is 9.67 Å². The van der Waals surface area contributed by atoms with Crippen molar-refractivity contribution in [2.45, 2.75) is 38.1 Å². The molecule has 1 saturated carbocycles. The Morgan fingerprint density at radius 3 is 2.69 bits per heavy atom. The molecule has 0 spiro atoms. The normalized spacial score (nSPS) is 14.8. The molecule has 4 aromatic rings. The van der Waals surface area contributed by atoms with E-state index < -0.39 is 0 Å². The molecular formula is C23H22N4OS. The smallest absolute Gasteiger partial charge is 0.270 e. The molecule has 1 aliphatic rings. The first-order chi connectivity index (χ1) is 14.2. The van der Waals surface area contributed by atoms with E-state index in [4.69, 9.17) is 5.10 Å². The number of para-hydroxylation sites is 2. The second kappa shape index (κ2) is 7.44. The fourth-order valence-electron chi connectivity index (χ4n) is 3.52. The lowest BCUT2D eigenvalue weighted by atomic mass is 10.2. The van der Waals surface area contributed by atoms with E-state index in [1.54, 1.807) is 16.0 Å². The first kappa shape index (κ1) is 18.1. The summed E-state index contributed by atoms with van der Waals surface area (Å²) in [4.78, 5) is 17.8. The van der Waals surface area contributed by atoms with Crippen LogP contribution in [0.1, 0.15) is 46.9 Å². The van der Waals surface area contributed by atoms with Crippen molar-refractivity contribution in [3.8, 4) is 5.69 Å². The van der Waals surface area contributed by atoms with Gasteiger partial charge in [0.15, 0.2) is 0 Å². The maximum Gasteiger partial charge on any atom is 0.270 e. The van der Waals surface area contributed by atoms with Crippen LogP contribution in [0.25, 0.3) is 15.9 Å². The number of aromatic nitrogens is 3. The highest BCUT2D eigenvalue weighted by Gasteiger charge is 2.29. The van der Waals surface area contributed by atoms with Crippen LogP contribution in [-0.4, -0.2) is 26.7 Å². The quantitative estimate of drug-likeness (QED) is 0.508. The number of rotatable bonds is 6. The first-order valence-electron chi connectivity index (χ1n) is 9.98. The number of carbonyl (C=O) groups excluding carboxylic acids is 1. The zero-order chi connectivity index (χ0) is 19.8. The zero-order valence-electron chi connectivity index (χ0n) is 16.2. The number of carbonyl (C=O) groups is 1. The summed E-state index contributed by atoms with van der Waals surface area (Å²) >= 11 is 1.68. The molecule has 6 heteroatoms. The summed E-state index contributed by atoms with van der Waals surface area (Å²) in [6.45, 7) is 2.02. The molecule has 1 atom stereocenters. The van der Waals surface area contributed by atoms with Crippen LogP contribution in [0.3, 0.4) is 0 Å². The van der Waals surface area contributed by atoms with Crippen molar-refractivity contribution in [1.82, 2.24) is 20.1 Å². The van der Waals surface area contributed by atoms with E-state index >= 15 is 0 Å². The third-order valence-electron chi connectivity index (χ3n) is 5.15. The third kappa shape index (κ3) is 3.80. The van der Waals surface area contributed by atoms with Gasteiger partial charge in [-0.15, -0.1) is 11.3 Å². The lowest BCUT2D eigenvalue weighted by Gasteiger charge is -2.13. The molecule has 0 aliphatic heterocycles. The van der Waals surface area contributed by atoms with Crippen molar-refractivity contribution in [3.05, 3.63) is 77.1 Å². The van der Waals surface area contributed by atoms with Crippen LogP contribution in [0, 0.1) is 0 Å². The fraction of sp³-hybridized carbons (Fsp3) is 0.261. The number of nitrogens with zero attached hydrogens (tertiary/aromatic N) is 3. The Kier molecular flexibility index (Phi) is 4.64. The lowest BCUT2D eigenvalue weighted by Crippen LogP contribution is -2.35. The average molecular weight is 403 g/mol. The van der Waals surface area contributed by atoms with Crippen molar-refractivity contribution in [2.24, 2.45) is 0 Å². The maximum atomic E-state index is 13.1. The predicted octanol–water partition coefficient (Wildman–Crippen LogP) is 4.72. The molecule has 5 rings (SSSR count). The molecule has 29 heavy (non-hydrogen) atoms. The van der Waals surface area contributed by atoms with E-state index in [-0.39, 0.29) is 11.9 Å². The monoisotopic (exact) mass is 402 g/mol. The minimum absolute atomic E-state index is 0.0217. The van der Waals surface area contributed by atoms with Gasteiger partial charge in [0.2, 0.25) is 0 Å². The van der Waals surface area contributed by atoms with Gasteiger partial charge >= 0.3 is 0 Å². The number of nitrogens with one attached hydrogen (secondary N) is 1. The highest BCUT2D eigenvalue weighted by atomic mass is 32.1. The van der Waals surface area contributed by atoms with Crippen molar-refractivity contribution < 1.29 is 4.79 Å². The third-order valence-corrected chi connectivity index (χ3v) is 6.21. The van der Waals surface area contributed by atoms with Gasteiger partial charge in [-0.3, -0.25) is 4.79 Å². The first-order valence-corrected chi connectivity index (χ1v) is 10.8. The number of thiazole rings is 1. The number of amides is 1. The van der Waals surface area contributed by atoms with Crippen molar-refractivity contribution in [1.29, 1.82) is 0 Å². The minimum Gasteiger partial charge on any atom is -0.348 e. The number of hydrogen-bond acceptors (Lipinski definition) is 4. The summed E-state index contributed by atoms with van der Waals surface area (Å²) in [5.74, 6) is 0.397. The molecule has 1 amide bonds. The summed E-state index contributed by atoms with van der Waals surface area (Å²) in [6.07, 6.45) is 3.02. The number of fused-ring (bicyclic) bond motifs is 1. The van der Waals surface area contributed by atoms with E-state index in [9.17, 15) is 4.79 Å². The molecule has 1 N–H and O–H groups in total. The van der Waals surface area contributed by atoms with Gasteiger partial charge in [0.25, 0.3) is 5.91 Å². The van der Waals surface area contributed by atoms with Crippen molar-refractivity contribution in [3.63, 3.8) is 0 Å². The summed E-state index contributed by atoms with van der Waals surface area (Å²) in [5.41, 5.74) is 3.53. The number of benzene rings is 2. The molecular weight excluding hydrogens is 380 g/mol. The van der Waals surface area contributed by atoms with E-state index in [0.29, 0.717) is 18.0 Å². The predicted molar refractivity (Wildman–Crippen MR) is 116 cm³/mol. The number of hydrogen-bond donors (Lipinski definition) is 1. The molecule has 5 nitrogen and oxygen atoms in total. The fourth-order valence-corrected chi connectivity index (χ4v) is 4.62. The molecule has 1 unspecified atom stereocenters. The second-order valence-corrected chi connectivity index (χ2v) is 8.75. The minimum atomic E-state index is -0.0955. The Morgan fingerprint density at radius 2 is 1.93 bits per heavy atom. The SMILES string of the molecule is CC(Cc1nc2ccccc2s1)NC(=O)c1cc(C2CC2)nn1-c1ccccc1. The summed E-state index contributed by atoms with van der Waals surface area (Å²) < 4.78 is 2.95. The van der Waals surface area contributed by atoms with Gasteiger partial charge in [0.05, 0.1) is 26.6 Å². The van der Waals surface area contributed by atoms with Gasteiger partial charge in [0.1, 0.15) is 5.69 Å². The Balaban J connectivity index is 1.35. The van der Waals surface area contributed by atoms with Gasteiger partial charge in [-0.2, -0.15) is 5.10 Å². The molecule has 0 bridgehead atoms. The lowest BCUT2D eigenvalue weighted by molar-refractivity contribution is 0.0932. The summed E-state index contributed by atoms with van der Waals surface area (Å²) in [7, 11) is 0. The average Bonchev–Trinajstić information content (AvgIpc) is 3.34. The molecule has 2 heterocycles. The highest BCUT2D eigenvalue weighted by molar-refractivity contribution is 7.18. The van der Waals surface area contributed by atoms with Gasteiger partial charge in [-0.05, 0) is 50.1 Å². The molecule has 146 valence electrons.